The SMILES string of the molecule is COC(=O)[C@H](C)N(C(=O)C1CCCCC1)c1c(C)ccc2ccccc12. The molecule has 0 unspecified atom stereocenters. The van der Waals surface area contributed by atoms with Crippen molar-refractivity contribution in [2.24, 2.45) is 5.92 Å². The van der Waals surface area contributed by atoms with E-state index < -0.39 is 6.04 Å². The molecule has 2 aromatic carbocycles. The average Bonchev–Trinajstić information content (AvgIpc) is 2.69. The lowest BCUT2D eigenvalue weighted by atomic mass is 9.87. The van der Waals surface area contributed by atoms with Crippen LogP contribution >= 0.6 is 0 Å². The molecule has 3 rings (SSSR count). The summed E-state index contributed by atoms with van der Waals surface area (Å²) in [6.45, 7) is 3.75. The maximum atomic E-state index is 13.5. The number of carbonyl (C=O) groups excluding carboxylic acids is 2. The highest BCUT2D eigenvalue weighted by molar-refractivity contribution is 6.08. The van der Waals surface area contributed by atoms with Gasteiger partial charge in [-0.3, -0.25) is 9.69 Å². The van der Waals surface area contributed by atoms with Crippen molar-refractivity contribution in [2.75, 3.05) is 12.0 Å². The quantitative estimate of drug-likeness (QED) is 0.753. The number of hydrogen-bond acceptors (Lipinski definition) is 3. The molecule has 4 nitrogen and oxygen atoms in total. The van der Waals surface area contributed by atoms with Gasteiger partial charge < -0.3 is 4.74 Å². The number of nitrogens with zero attached hydrogens (tertiary/aromatic N) is 1. The zero-order valence-electron chi connectivity index (χ0n) is 15.8. The Morgan fingerprint density at radius 3 is 2.46 bits per heavy atom. The van der Waals surface area contributed by atoms with E-state index >= 15 is 0 Å². The standard InChI is InChI=1S/C22H27NO3/c1-15-13-14-17-9-7-8-12-19(17)20(15)23(16(2)22(25)26-3)21(24)18-10-5-4-6-11-18/h7-9,12-14,16,18H,4-6,10-11H2,1-3H3/t16-/m0/s1. The summed E-state index contributed by atoms with van der Waals surface area (Å²) in [5, 5.41) is 2.05. The minimum atomic E-state index is -0.654. The fraction of sp³-hybridized carbons (Fsp3) is 0.455. The number of rotatable bonds is 4. The second-order valence-electron chi connectivity index (χ2n) is 7.19. The predicted octanol–water partition coefficient (Wildman–Crippen LogP) is 4.62. The van der Waals surface area contributed by atoms with Gasteiger partial charge in [-0.1, -0.05) is 55.7 Å². The molecule has 1 aliphatic carbocycles. The van der Waals surface area contributed by atoms with E-state index in [4.69, 9.17) is 4.74 Å². The molecule has 1 aliphatic rings. The van der Waals surface area contributed by atoms with Crippen LogP contribution in [0.1, 0.15) is 44.6 Å². The van der Waals surface area contributed by atoms with E-state index in [2.05, 4.69) is 6.07 Å². The summed E-state index contributed by atoms with van der Waals surface area (Å²) in [7, 11) is 1.37. The second-order valence-corrected chi connectivity index (χ2v) is 7.19. The van der Waals surface area contributed by atoms with Gasteiger partial charge in [-0.2, -0.15) is 0 Å². The van der Waals surface area contributed by atoms with E-state index in [1.165, 1.54) is 13.5 Å². The highest BCUT2D eigenvalue weighted by atomic mass is 16.5. The summed E-state index contributed by atoms with van der Waals surface area (Å²) in [6, 6.07) is 11.4. The number of aryl methyl sites for hydroxylation is 1. The molecule has 0 aromatic heterocycles. The van der Waals surface area contributed by atoms with E-state index in [9.17, 15) is 9.59 Å². The molecule has 138 valence electrons. The van der Waals surface area contributed by atoms with Crippen LogP contribution in [0.2, 0.25) is 0 Å². The maximum absolute atomic E-state index is 13.5. The number of ether oxygens (including phenoxy) is 1. The zero-order valence-corrected chi connectivity index (χ0v) is 15.8. The predicted molar refractivity (Wildman–Crippen MR) is 104 cm³/mol. The normalized spacial score (nSPS) is 16.3. The number of hydrogen-bond donors (Lipinski definition) is 0. The lowest BCUT2D eigenvalue weighted by Gasteiger charge is -2.34. The molecule has 26 heavy (non-hydrogen) atoms. The number of benzene rings is 2. The summed E-state index contributed by atoms with van der Waals surface area (Å²) >= 11 is 0. The van der Waals surface area contributed by atoms with Gasteiger partial charge in [0.05, 0.1) is 12.8 Å². The van der Waals surface area contributed by atoms with Gasteiger partial charge in [-0.15, -0.1) is 0 Å². The lowest BCUT2D eigenvalue weighted by molar-refractivity contribution is -0.143. The molecule has 0 bridgehead atoms. The van der Waals surface area contributed by atoms with Crippen LogP contribution < -0.4 is 4.90 Å². The molecule has 0 aliphatic heterocycles. The van der Waals surface area contributed by atoms with Gasteiger partial charge in [0.1, 0.15) is 6.04 Å². The Labute approximate surface area is 155 Å². The van der Waals surface area contributed by atoms with Crippen molar-refractivity contribution in [2.45, 2.75) is 52.0 Å². The third kappa shape index (κ3) is 3.46. The Hall–Kier alpha value is -2.36. The molecule has 0 radical (unpaired) electrons. The molecule has 4 heteroatoms. The summed E-state index contributed by atoms with van der Waals surface area (Å²) in [4.78, 5) is 27.5. The van der Waals surface area contributed by atoms with E-state index in [0.29, 0.717) is 0 Å². The van der Waals surface area contributed by atoms with Gasteiger partial charge in [-0.05, 0) is 37.6 Å². The van der Waals surface area contributed by atoms with Crippen LogP contribution in [0.3, 0.4) is 0 Å². The number of fused-ring (bicyclic) bond motifs is 1. The summed E-state index contributed by atoms with van der Waals surface area (Å²) < 4.78 is 4.97. The minimum Gasteiger partial charge on any atom is -0.467 e. The zero-order chi connectivity index (χ0) is 18.7. The van der Waals surface area contributed by atoms with Crippen LogP contribution in [-0.4, -0.2) is 25.0 Å². The van der Waals surface area contributed by atoms with Crippen molar-refractivity contribution in [3.63, 3.8) is 0 Å². The van der Waals surface area contributed by atoms with Crippen LogP contribution in [-0.2, 0) is 14.3 Å². The van der Waals surface area contributed by atoms with Crippen LogP contribution in [0.5, 0.6) is 0 Å². The fourth-order valence-electron chi connectivity index (χ4n) is 4.00. The monoisotopic (exact) mass is 353 g/mol. The molecule has 2 aromatic rings. The maximum Gasteiger partial charge on any atom is 0.328 e. The van der Waals surface area contributed by atoms with E-state index in [1.807, 2.05) is 37.3 Å². The second kappa shape index (κ2) is 7.90. The molecule has 1 fully saturated rings. The highest BCUT2D eigenvalue weighted by Crippen LogP contribution is 2.35. The third-order valence-corrected chi connectivity index (χ3v) is 5.46. The Bertz CT molecular complexity index is 808. The van der Waals surface area contributed by atoms with E-state index in [1.54, 1.807) is 11.8 Å². The Morgan fingerprint density at radius 1 is 1.08 bits per heavy atom. The molecule has 1 amide bonds. The number of anilines is 1. The van der Waals surface area contributed by atoms with Gasteiger partial charge in [0.2, 0.25) is 5.91 Å². The molecule has 1 atom stereocenters. The first-order valence-electron chi connectivity index (χ1n) is 9.44. The molecule has 0 N–H and O–H groups in total. The summed E-state index contributed by atoms with van der Waals surface area (Å²) in [6.07, 6.45) is 5.13. The van der Waals surface area contributed by atoms with Gasteiger partial charge in [-0.25, -0.2) is 4.79 Å². The van der Waals surface area contributed by atoms with E-state index in [0.717, 1.165) is 47.7 Å². The molecular weight excluding hydrogens is 326 g/mol. The average molecular weight is 353 g/mol. The Balaban J connectivity index is 2.13. The van der Waals surface area contributed by atoms with Crippen LogP contribution in [0.4, 0.5) is 5.69 Å². The summed E-state index contributed by atoms with van der Waals surface area (Å²) in [5.74, 6) is -0.363. The van der Waals surface area contributed by atoms with Gasteiger partial charge in [0.25, 0.3) is 0 Å². The third-order valence-electron chi connectivity index (χ3n) is 5.46. The van der Waals surface area contributed by atoms with Gasteiger partial charge in [0.15, 0.2) is 0 Å². The number of carbonyl (C=O) groups is 2. The lowest BCUT2D eigenvalue weighted by Crippen LogP contribution is -2.47. The van der Waals surface area contributed by atoms with E-state index in [-0.39, 0.29) is 17.8 Å². The first kappa shape index (κ1) is 18.4. The Morgan fingerprint density at radius 2 is 1.77 bits per heavy atom. The Kier molecular flexibility index (Phi) is 5.60. The van der Waals surface area contributed by atoms with Crippen molar-refractivity contribution >= 4 is 28.3 Å². The smallest absolute Gasteiger partial charge is 0.328 e. The number of esters is 1. The molecule has 0 spiro atoms. The van der Waals surface area contributed by atoms with Gasteiger partial charge >= 0.3 is 5.97 Å². The fourth-order valence-corrected chi connectivity index (χ4v) is 4.00. The van der Waals surface area contributed by atoms with Crippen molar-refractivity contribution in [1.29, 1.82) is 0 Å². The molecule has 0 heterocycles. The summed E-state index contributed by atoms with van der Waals surface area (Å²) in [5.41, 5.74) is 1.82. The van der Waals surface area contributed by atoms with Crippen molar-refractivity contribution < 1.29 is 14.3 Å². The number of amides is 1. The van der Waals surface area contributed by atoms with Crippen molar-refractivity contribution in [3.05, 3.63) is 42.0 Å². The molecular formula is C22H27NO3. The first-order valence-corrected chi connectivity index (χ1v) is 9.44. The topological polar surface area (TPSA) is 46.6 Å². The van der Waals surface area contributed by atoms with Crippen molar-refractivity contribution in [3.8, 4) is 0 Å². The first-order chi connectivity index (χ1) is 12.5. The van der Waals surface area contributed by atoms with Crippen molar-refractivity contribution in [1.82, 2.24) is 0 Å². The molecule has 1 saturated carbocycles. The van der Waals surface area contributed by atoms with Crippen LogP contribution in [0, 0.1) is 12.8 Å². The molecule has 0 saturated heterocycles. The van der Waals surface area contributed by atoms with Crippen LogP contribution in [0.15, 0.2) is 36.4 Å². The van der Waals surface area contributed by atoms with Crippen LogP contribution in [0.25, 0.3) is 10.8 Å². The highest BCUT2D eigenvalue weighted by Gasteiger charge is 2.34. The minimum absolute atomic E-state index is 0.0192. The van der Waals surface area contributed by atoms with Gasteiger partial charge in [0, 0.05) is 11.3 Å². The largest absolute Gasteiger partial charge is 0.467 e. The number of methoxy groups -OCH3 is 1.